The van der Waals surface area contributed by atoms with Crippen LogP contribution in [-0.2, 0) is 16.1 Å². The van der Waals surface area contributed by atoms with Crippen LogP contribution < -0.4 is 10.2 Å². The highest BCUT2D eigenvalue weighted by atomic mass is 35.5. The summed E-state index contributed by atoms with van der Waals surface area (Å²) < 4.78 is 5.47. The Kier molecular flexibility index (Phi) is 7.54. The Morgan fingerprint density at radius 1 is 0.786 bits per heavy atom. The van der Waals surface area contributed by atoms with Crippen molar-refractivity contribution < 1.29 is 19.1 Å². The summed E-state index contributed by atoms with van der Waals surface area (Å²) in [6.45, 7) is 1.59. The molecule has 1 N–H and O–H groups in total. The van der Waals surface area contributed by atoms with Gasteiger partial charge in [0.1, 0.15) is 12.6 Å². The molecule has 7 rings (SSSR count). The molecule has 0 saturated carbocycles. The second kappa shape index (κ2) is 11.4. The van der Waals surface area contributed by atoms with Crippen LogP contribution in [0, 0.1) is 0 Å². The molecule has 0 bridgehead atoms. The van der Waals surface area contributed by atoms with Crippen LogP contribution in [0.4, 0.5) is 16.2 Å². The van der Waals surface area contributed by atoms with E-state index in [1.165, 1.54) is 0 Å². The number of benzene rings is 4. The molecule has 1 fully saturated rings. The number of amides is 2. The van der Waals surface area contributed by atoms with Crippen molar-refractivity contribution in [3.05, 3.63) is 119 Å². The Hall–Kier alpha value is -4.46. The fourth-order valence-electron chi connectivity index (χ4n) is 6.40. The van der Waals surface area contributed by atoms with E-state index in [1.54, 1.807) is 17.0 Å². The molecular weight excluding hydrogens is 550 g/mol. The lowest BCUT2D eigenvalue weighted by molar-refractivity contribution is -0.122. The van der Waals surface area contributed by atoms with E-state index >= 15 is 0 Å². The van der Waals surface area contributed by atoms with E-state index in [0.717, 1.165) is 40.8 Å². The third-order valence-electron chi connectivity index (χ3n) is 8.39. The number of halogens is 1. The van der Waals surface area contributed by atoms with Crippen molar-refractivity contribution in [2.75, 3.05) is 23.3 Å². The van der Waals surface area contributed by atoms with E-state index < -0.39 is 6.04 Å². The van der Waals surface area contributed by atoms with Crippen molar-refractivity contribution in [2.45, 2.75) is 31.5 Å². The number of likely N-dealkylation sites (tertiary alicyclic amines) is 1. The number of cyclic esters (lactones) is 1. The van der Waals surface area contributed by atoms with E-state index in [2.05, 4.69) is 10.2 Å². The maximum atomic E-state index is 13.9. The van der Waals surface area contributed by atoms with E-state index in [1.807, 2.05) is 84.9 Å². The molecule has 3 aliphatic rings. The normalized spacial score (nSPS) is 16.9. The first-order valence-corrected chi connectivity index (χ1v) is 14.0. The number of nitrogens with zero attached hydrogens (tertiary/aromatic N) is 2. The van der Waals surface area contributed by atoms with Crippen LogP contribution in [0.5, 0.6) is 0 Å². The molecule has 4 aromatic rings. The second-order valence-corrected chi connectivity index (χ2v) is 10.8. The van der Waals surface area contributed by atoms with Gasteiger partial charge in [0.15, 0.2) is 5.78 Å². The maximum Gasteiger partial charge on any atom is 0.414 e. The van der Waals surface area contributed by atoms with Gasteiger partial charge in [0.2, 0.25) is 5.91 Å². The van der Waals surface area contributed by atoms with Crippen molar-refractivity contribution in [1.82, 2.24) is 4.90 Å². The van der Waals surface area contributed by atoms with Gasteiger partial charge >= 0.3 is 6.09 Å². The van der Waals surface area contributed by atoms with E-state index in [0.29, 0.717) is 36.5 Å². The summed E-state index contributed by atoms with van der Waals surface area (Å²) in [4.78, 5) is 43.5. The predicted octanol–water partition coefficient (Wildman–Crippen LogP) is 6.62. The van der Waals surface area contributed by atoms with Gasteiger partial charge in [-0.3, -0.25) is 19.4 Å². The van der Waals surface area contributed by atoms with Gasteiger partial charge in [-0.1, -0.05) is 72.8 Å². The molecule has 8 heteroatoms. The van der Waals surface area contributed by atoms with Crippen molar-refractivity contribution in [2.24, 2.45) is 0 Å². The topological polar surface area (TPSA) is 79.0 Å². The number of ether oxygens (including phenoxy) is 1. The minimum Gasteiger partial charge on any atom is -0.444 e. The monoisotopic (exact) mass is 579 g/mol. The number of carbonyl (C=O) groups is 3. The Labute approximate surface area is 250 Å². The lowest BCUT2D eigenvalue weighted by Gasteiger charge is -2.42. The van der Waals surface area contributed by atoms with Crippen LogP contribution >= 0.6 is 12.4 Å². The van der Waals surface area contributed by atoms with Gasteiger partial charge in [-0.25, -0.2) is 4.79 Å². The molecule has 1 atom stereocenters. The standard InChI is InChI=1S/C34H29N3O4.ClH/c38-32-27-12-6-5-11-26(27)29-20-24(14-15-28(29)32)35-33(39)31(22-8-2-1-3-9-22)36-18-16-25(17-19-36)37-30-13-7-4-10-23(30)21-41-34(37)40;/h1-15,20,25,31H,16-19,21H2,(H,35,39);1H. The van der Waals surface area contributed by atoms with Gasteiger partial charge in [-0.15, -0.1) is 12.4 Å². The SMILES string of the molecule is Cl.O=C1c2ccccc2-c2cc(NC(=O)C(c3ccccc3)N3CCC(N4C(=O)OCc5ccccc54)CC3)ccc21. The van der Waals surface area contributed by atoms with Crippen LogP contribution in [0.2, 0.25) is 0 Å². The first kappa shape index (κ1) is 27.7. The highest BCUT2D eigenvalue weighted by molar-refractivity contribution is 6.22. The first-order chi connectivity index (χ1) is 20.1. The highest BCUT2D eigenvalue weighted by Crippen LogP contribution is 2.38. The third kappa shape index (κ3) is 4.85. The average molecular weight is 580 g/mol. The lowest BCUT2D eigenvalue weighted by Crippen LogP contribution is -2.51. The zero-order chi connectivity index (χ0) is 27.9. The first-order valence-electron chi connectivity index (χ1n) is 14.0. The number of fused-ring (bicyclic) bond motifs is 4. The Balaban J connectivity index is 0.00000316. The fourth-order valence-corrected chi connectivity index (χ4v) is 6.40. The van der Waals surface area contributed by atoms with Crippen molar-refractivity contribution in [3.63, 3.8) is 0 Å². The minimum absolute atomic E-state index is 0. The van der Waals surface area contributed by atoms with Gasteiger partial charge in [0, 0.05) is 41.5 Å². The number of hydrogen-bond donors (Lipinski definition) is 1. The summed E-state index contributed by atoms with van der Waals surface area (Å²) in [5.41, 5.74) is 6.57. The number of anilines is 2. The molecule has 4 aromatic carbocycles. The molecule has 42 heavy (non-hydrogen) atoms. The van der Waals surface area contributed by atoms with Crippen LogP contribution in [0.25, 0.3) is 11.1 Å². The van der Waals surface area contributed by atoms with Gasteiger partial charge in [-0.05, 0) is 53.8 Å². The number of para-hydroxylation sites is 1. The largest absolute Gasteiger partial charge is 0.444 e. The number of nitrogens with one attached hydrogen (secondary N) is 1. The fraction of sp³-hybridized carbons (Fsp3) is 0.206. The lowest BCUT2D eigenvalue weighted by atomic mass is 9.96. The van der Waals surface area contributed by atoms with Crippen molar-refractivity contribution in [1.29, 1.82) is 0 Å². The van der Waals surface area contributed by atoms with Crippen LogP contribution in [0.15, 0.2) is 97.1 Å². The summed E-state index contributed by atoms with van der Waals surface area (Å²) in [5, 5.41) is 3.13. The predicted molar refractivity (Wildman–Crippen MR) is 164 cm³/mol. The number of carbonyl (C=O) groups excluding carboxylic acids is 3. The van der Waals surface area contributed by atoms with Gasteiger partial charge < -0.3 is 10.1 Å². The quantitative estimate of drug-likeness (QED) is 0.253. The summed E-state index contributed by atoms with van der Waals surface area (Å²) in [5.74, 6) is -0.117. The van der Waals surface area contributed by atoms with Crippen LogP contribution in [-0.4, -0.2) is 41.8 Å². The highest BCUT2D eigenvalue weighted by Gasteiger charge is 2.37. The number of ketones is 1. The third-order valence-corrected chi connectivity index (χ3v) is 8.39. The number of rotatable bonds is 5. The van der Waals surface area contributed by atoms with Gasteiger partial charge in [0.05, 0.1) is 5.69 Å². The Morgan fingerprint density at radius 3 is 2.24 bits per heavy atom. The molecular formula is C34H30ClN3O4. The molecule has 1 aliphatic carbocycles. The molecule has 0 spiro atoms. The summed E-state index contributed by atoms with van der Waals surface area (Å²) in [7, 11) is 0. The number of piperidine rings is 1. The summed E-state index contributed by atoms with van der Waals surface area (Å²) in [6, 6.07) is 30.2. The molecule has 7 nitrogen and oxygen atoms in total. The number of hydrogen-bond acceptors (Lipinski definition) is 5. The molecule has 0 radical (unpaired) electrons. The average Bonchev–Trinajstić information content (AvgIpc) is 3.29. The summed E-state index contributed by atoms with van der Waals surface area (Å²) >= 11 is 0. The molecule has 1 saturated heterocycles. The van der Waals surface area contributed by atoms with Crippen LogP contribution in [0.1, 0.15) is 45.9 Å². The van der Waals surface area contributed by atoms with Gasteiger partial charge in [-0.2, -0.15) is 0 Å². The molecule has 1 unspecified atom stereocenters. The molecule has 2 heterocycles. The Morgan fingerprint density at radius 2 is 1.45 bits per heavy atom. The molecule has 0 aromatic heterocycles. The molecule has 2 amide bonds. The zero-order valence-corrected chi connectivity index (χ0v) is 23.7. The molecule has 212 valence electrons. The zero-order valence-electron chi connectivity index (χ0n) is 22.9. The van der Waals surface area contributed by atoms with E-state index in [-0.39, 0.29) is 36.2 Å². The second-order valence-electron chi connectivity index (χ2n) is 10.8. The van der Waals surface area contributed by atoms with E-state index in [9.17, 15) is 14.4 Å². The minimum atomic E-state index is -0.500. The van der Waals surface area contributed by atoms with Crippen LogP contribution in [0.3, 0.4) is 0 Å². The van der Waals surface area contributed by atoms with Crippen molar-refractivity contribution >= 4 is 41.6 Å². The van der Waals surface area contributed by atoms with Crippen molar-refractivity contribution in [3.8, 4) is 11.1 Å². The smallest absolute Gasteiger partial charge is 0.414 e. The Bertz CT molecular complexity index is 1670. The van der Waals surface area contributed by atoms with E-state index in [4.69, 9.17) is 4.74 Å². The van der Waals surface area contributed by atoms with Gasteiger partial charge in [0.25, 0.3) is 0 Å². The summed E-state index contributed by atoms with van der Waals surface area (Å²) in [6.07, 6.45) is 1.13. The maximum absolute atomic E-state index is 13.9. The molecule has 2 aliphatic heterocycles.